The average molecular weight is 421 g/mol. The van der Waals surface area contributed by atoms with E-state index in [1.54, 1.807) is 46.2 Å². The number of methoxy groups -OCH3 is 1. The quantitative estimate of drug-likeness (QED) is 0.660. The summed E-state index contributed by atoms with van der Waals surface area (Å²) < 4.78 is 18.0. The second kappa shape index (κ2) is 8.78. The number of urea groups is 1. The van der Waals surface area contributed by atoms with Crippen LogP contribution in [0.3, 0.4) is 0 Å². The molecule has 8 nitrogen and oxygen atoms in total. The van der Waals surface area contributed by atoms with Gasteiger partial charge < -0.3 is 15.0 Å². The molecule has 0 aliphatic carbocycles. The number of rotatable bonds is 6. The lowest BCUT2D eigenvalue weighted by atomic mass is 10.2. The fraction of sp³-hybridized carbons (Fsp3) is 0.182. The SMILES string of the molecule is COc1ccc(C(=O)Nc2ccc(N3CCN(Cc4ccc(F)cc4)C3=O)nc2)cn1. The zero-order chi connectivity index (χ0) is 21.8. The predicted octanol–water partition coefficient (Wildman–Crippen LogP) is 3.32. The molecule has 3 aromatic rings. The number of anilines is 2. The lowest BCUT2D eigenvalue weighted by Gasteiger charge is -2.18. The van der Waals surface area contributed by atoms with Gasteiger partial charge in [-0.15, -0.1) is 0 Å². The number of ether oxygens (including phenoxy) is 1. The van der Waals surface area contributed by atoms with Crippen LogP contribution in [-0.2, 0) is 6.54 Å². The Kier molecular flexibility index (Phi) is 5.74. The first-order valence-electron chi connectivity index (χ1n) is 9.62. The zero-order valence-electron chi connectivity index (χ0n) is 16.8. The Bertz CT molecular complexity index is 1070. The Hall–Kier alpha value is -4.01. The molecular formula is C22H20FN5O3. The molecule has 1 aliphatic heterocycles. The van der Waals surface area contributed by atoms with Crippen LogP contribution in [0.15, 0.2) is 60.9 Å². The minimum absolute atomic E-state index is 0.169. The maximum Gasteiger partial charge on any atom is 0.326 e. The highest BCUT2D eigenvalue weighted by molar-refractivity contribution is 6.04. The van der Waals surface area contributed by atoms with E-state index in [4.69, 9.17) is 4.74 Å². The van der Waals surface area contributed by atoms with Gasteiger partial charge in [0.15, 0.2) is 0 Å². The molecule has 1 aliphatic rings. The summed E-state index contributed by atoms with van der Waals surface area (Å²) in [4.78, 5) is 36.6. The van der Waals surface area contributed by atoms with Gasteiger partial charge in [-0.1, -0.05) is 12.1 Å². The Balaban J connectivity index is 1.38. The van der Waals surface area contributed by atoms with Crippen LogP contribution in [0.25, 0.3) is 0 Å². The van der Waals surface area contributed by atoms with E-state index in [0.717, 1.165) is 5.56 Å². The predicted molar refractivity (Wildman–Crippen MR) is 113 cm³/mol. The van der Waals surface area contributed by atoms with Crippen LogP contribution in [0.2, 0.25) is 0 Å². The zero-order valence-corrected chi connectivity index (χ0v) is 16.8. The van der Waals surface area contributed by atoms with Crippen molar-refractivity contribution in [3.05, 3.63) is 77.9 Å². The standard InChI is InChI=1S/C22H20FN5O3/c1-31-20-9-4-16(12-25-20)21(29)26-18-7-8-19(24-13-18)28-11-10-27(22(28)30)14-15-2-5-17(23)6-3-15/h2-9,12-13H,10-11,14H2,1H3,(H,26,29). The number of aromatic nitrogens is 2. The fourth-order valence-corrected chi connectivity index (χ4v) is 3.21. The number of benzene rings is 1. The number of pyridine rings is 2. The lowest BCUT2D eigenvalue weighted by Crippen LogP contribution is -2.31. The summed E-state index contributed by atoms with van der Waals surface area (Å²) in [6, 6.07) is 12.5. The topological polar surface area (TPSA) is 87.7 Å². The molecule has 4 rings (SSSR count). The van der Waals surface area contributed by atoms with Gasteiger partial charge in [-0.05, 0) is 35.9 Å². The number of nitrogens with one attached hydrogen (secondary N) is 1. The monoisotopic (exact) mass is 421 g/mol. The van der Waals surface area contributed by atoms with Gasteiger partial charge in [0.25, 0.3) is 5.91 Å². The molecule has 0 unspecified atom stereocenters. The molecule has 3 amide bonds. The molecule has 0 radical (unpaired) electrons. The number of carbonyl (C=O) groups excluding carboxylic acids is 2. The number of halogens is 1. The second-order valence-electron chi connectivity index (χ2n) is 6.93. The van der Waals surface area contributed by atoms with E-state index in [0.29, 0.717) is 42.6 Å². The molecule has 0 bridgehead atoms. The van der Waals surface area contributed by atoms with Crippen molar-refractivity contribution in [2.75, 3.05) is 30.4 Å². The summed E-state index contributed by atoms with van der Waals surface area (Å²) in [5.41, 5.74) is 1.74. The molecule has 158 valence electrons. The Morgan fingerprint density at radius 3 is 2.52 bits per heavy atom. The summed E-state index contributed by atoms with van der Waals surface area (Å²) in [6.07, 6.45) is 2.93. The number of nitrogens with zero attached hydrogens (tertiary/aromatic N) is 4. The minimum atomic E-state index is -0.326. The molecule has 0 spiro atoms. The van der Waals surface area contributed by atoms with Gasteiger partial charge in [-0.3, -0.25) is 9.69 Å². The van der Waals surface area contributed by atoms with E-state index in [-0.39, 0.29) is 17.8 Å². The smallest absolute Gasteiger partial charge is 0.326 e. The first-order chi connectivity index (χ1) is 15.0. The summed E-state index contributed by atoms with van der Waals surface area (Å²) >= 11 is 0. The summed E-state index contributed by atoms with van der Waals surface area (Å²) in [6.45, 7) is 1.44. The average Bonchev–Trinajstić information content (AvgIpc) is 3.16. The van der Waals surface area contributed by atoms with Gasteiger partial charge in [0, 0.05) is 31.9 Å². The third-order valence-electron chi connectivity index (χ3n) is 4.87. The van der Waals surface area contributed by atoms with E-state index >= 15 is 0 Å². The molecule has 9 heteroatoms. The Labute approximate surface area is 178 Å². The van der Waals surface area contributed by atoms with Gasteiger partial charge in [-0.25, -0.2) is 19.2 Å². The van der Waals surface area contributed by atoms with Crippen molar-refractivity contribution in [2.45, 2.75) is 6.54 Å². The van der Waals surface area contributed by atoms with Gasteiger partial charge in [0.1, 0.15) is 11.6 Å². The van der Waals surface area contributed by atoms with Crippen molar-refractivity contribution in [1.29, 1.82) is 0 Å². The van der Waals surface area contributed by atoms with Crippen molar-refractivity contribution in [1.82, 2.24) is 14.9 Å². The highest BCUT2D eigenvalue weighted by Crippen LogP contribution is 2.21. The van der Waals surface area contributed by atoms with Crippen molar-refractivity contribution < 1.29 is 18.7 Å². The highest BCUT2D eigenvalue weighted by atomic mass is 19.1. The van der Waals surface area contributed by atoms with Crippen LogP contribution in [0.4, 0.5) is 20.7 Å². The lowest BCUT2D eigenvalue weighted by molar-refractivity contribution is 0.102. The normalized spacial score (nSPS) is 13.4. The molecule has 1 aromatic carbocycles. The van der Waals surface area contributed by atoms with Crippen LogP contribution < -0.4 is 15.0 Å². The molecule has 31 heavy (non-hydrogen) atoms. The Morgan fingerprint density at radius 2 is 1.87 bits per heavy atom. The molecular weight excluding hydrogens is 401 g/mol. The maximum absolute atomic E-state index is 13.1. The van der Waals surface area contributed by atoms with Crippen LogP contribution in [0.1, 0.15) is 15.9 Å². The van der Waals surface area contributed by atoms with Crippen LogP contribution in [0.5, 0.6) is 5.88 Å². The van der Waals surface area contributed by atoms with Crippen molar-refractivity contribution in [3.63, 3.8) is 0 Å². The van der Waals surface area contributed by atoms with Crippen LogP contribution in [-0.4, -0.2) is 47.0 Å². The van der Waals surface area contributed by atoms with Crippen LogP contribution >= 0.6 is 0 Å². The number of amides is 3. The number of carbonyl (C=O) groups is 2. The summed E-state index contributed by atoms with van der Waals surface area (Å²) in [5.74, 6) is 0.284. The van der Waals surface area contributed by atoms with E-state index in [1.807, 2.05) is 0 Å². The van der Waals surface area contributed by atoms with Gasteiger partial charge in [0.05, 0.1) is 24.6 Å². The minimum Gasteiger partial charge on any atom is -0.481 e. The largest absolute Gasteiger partial charge is 0.481 e. The molecule has 2 aromatic heterocycles. The van der Waals surface area contributed by atoms with E-state index in [9.17, 15) is 14.0 Å². The highest BCUT2D eigenvalue weighted by Gasteiger charge is 2.30. The van der Waals surface area contributed by atoms with Crippen molar-refractivity contribution >= 4 is 23.4 Å². The number of hydrogen-bond donors (Lipinski definition) is 1. The van der Waals surface area contributed by atoms with Gasteiger partial charge in [-0.2, -0.15) is 0 Å². The first kappa shape index (κ1) is 20.3. The Morgan fingerprint density at radius 1 is 1.06 bits per heavy atom. The fourth-order valence-electron chi connectivity index (χ4n) is 3.21. The third-order valence-corrected chi connectivity index (χ3v) is 4.87. The second-order valence-corrected chi connectivity index (χ2v) is 6.93. The molecule has 0 atom stereocenters. The van der Waals surface area contributed by atoms with Gasteiger partial charge in [0.2, 0.25) is 5.88 Å². The molecule has 3 heterocycles. The van der Waals surface area contributed by atoms with E-state index in [1.165, 1.54) is 31.6 Å². The van der Waals surface area contributed by atoms with Crippen LogP contribution in [0, 0.1) is 5.82 Å². The van der Waals surface area contributed by atoms with E-state index in [2.05, 4.69) is 15.3 Å². The van der Waals surface area contributed by atoms with Gasteiger partial charge >= 0.3 is 6.03 Å². The van der Waals surface area contributed by atoms with Crippen molar-refractivity contribution in [3.8, 4) is 5.88 Å². The molecule has 1 N–H and O–H groups in total. The van der Waals surface area contributed by atoms with E-state index < -0.39 is 0 Å². The summed E-state index contributed by atoms with van der Waals surface area (Å²) in [5, 5.41) is 2.74. The molecule has 1 fully saturated rings. The summed E-state index contributed by atoms with van der Waals surface area (Å²) in [7, 11) is 1.50. The molecule has 0 saturated carbocycles. The molecule has 1 saturated heterocycles. The first-order valence-corrected chi connectivity index (χ1v) is 9.62. The number of hydrogen-bond acceptors (Lipinski definition) is 5. The van der Waals surface area contributed by atoms with Crippen molar-refractivity contribution in [2.24, 2.45) is 0 Å². The third kappa shape index (κ3) is 4.61. The maximum atomic E-state index is 13.1.